The fourth-order valence-electron chi connectivity index (χ4n) is 3.00. The first kappa shape index (κ1) is 17.1. The van der Waals surface area contributed by atoms with Crippen molar-refractivity contribution in [1.82, 2.24) is 4.90 Å². The third kappa shape index (κ3) is 3.87. The molecule has 1 N–H and O–H groups in total. The summed E-state index contributed by atoms with van der Waals surface area (Å²) in [6.07, 6.45) is 0.158. The number of likely N-dealkylation sites (tertiary alicyclic amines) is 1. The predicted octanol–water partition coefficient (Wildman–Crippen LogP) is 3.43. The number of amides is 2. The maximum absolute atomic E-state index is 13.8. The molecule has 1 fully saturated rings. The van der Waals surface area contributed by atoms with Crippen LogP contribution in [0.3, 0.4) is 0 Å². The lowest BCUT2D eigenvalue weighted by atomic mass is 10.1. The van der Waals surface area contributed by atoms with Crippen molar-refractivity contribution in [3.05, 3.63) is 65.0 Å². The minimum atomic E-state index is -0.416. The largest absolute Gasteiger partial charge is 0.337 e. The van der Waals surface area contributed by atoms with Crippen molar-refractivity contribution in [2.24, 2.45) is 5.92 Å². The van der Waals surface area contributed by atoms with Gasteiger partial charge in [0.1, 0.15) is 5.82 Å². The van der Waals surface area contributed by atoms with Crippen LogP contribution in [0.4, 0.5) is 10.1 Å². The summed E-state index contributed by atoms with van der Waals surface area (Å²) in [5.74, 6) is -1.05. The smallest absolute Gasteiger partial charge is 0.229 e. The molecule has 0 saturated carbocycles. The maximum atomic E-state index is 13.8. The molecule has 0 bridgehead atoms. The van der Waals surface area contributed by atoms with E-state index in [0.29, 0.717) is 12.1 Å². The van der Waals surface area contributed by atoms with Crippen LogP contribution in [0.2, 0.25) is 0 Å². The molecule has 1 saturated heterocycles. The van der Waals surface area contributed by atoms with Gasteiger partial charge in [0.25, 0.3) is 0 Å². The van der Waals surface area contributed by atoms with Crippen molar-refractivity contribution in [3.8, 4) is 0 Å². The second kappa shape index (κ2) is 7.05. The quantitative estimate of drug-likeness (QED) is 0.927. The molecule has 2 aromatic carbocycles. The van der Waals surface area contributed by atoms with Gasteiger partial charge in [-0.3, -0.25) is 9.59 Å². The topological polar surface area (TPSA) is 49.4 Å². The lowest BCUT2D eigenvalue weighted by Crippen LogP contribution is -2.28. The van der Waals surface area contributed by atoms with Crippen LogP contribution in [-0.4, -0.2) is 23.3 Å². The van der Waals surface area contributed by atoms with Gasteiger partial charge in [0, 0.05) is 30.8 Å². The van der Waals surface area contributed by atoms with E-state index < -0.39 is 5.92 Å². The molecule has 4 nitrogen and oxygen atoms in total. The number of hydrogen-bond acceptors (Lipinski definition) is 2. The van der Waals surface area contributed by atoms with Gasteiger partial charge < -0.3 is 10.2 Å². The van der Waals surface area contributed by atoms with Crippen LogP contribution < -0.4 is 5.32 Å². The molecule has 0 radical (unpaired) electrons. The molecule has 25 heavy (non-hydrogen) atoms. The summed E-state index contributed by atoms with van der Waals surface area (Å²) in [6, 6.07) is 12.1. The molecule has 1 unspecified atom stereocenters. The minimum Gasteiger partial charge on any atom is -0.337 e. The van der Waals surface area contributed by atoms with Gasteiger partial charge in [-0.1, -0.05) is 24.3 Å². The van der Waals surface area contributed by atoms with Gasteiger partial charge in [-0.25, -0.2) is 4.39 Å². The third-order valence-corrected chi connectivity index (χ3v) is 4.68. The SMILES string of the molecule is Cc1ccc(NC(=O)C2CC(=O)N(Cc3ccccc3F)C2)cc1C. The predicted molar refractivity (Wildman–Crippen MR) is 94.5 cm³/mol. The van der Waals surface area contributed by atoms with Crippen LogP contribution in [0, 0.1) is 25.6 Å². The Bertz CT molecular complexity index is 819. The Hall–Kier alpha value is -2.69. The second-order valence-corrected chi connectivity index (χ2v) is 6.56. The normalized spacial score (nSPS) is 17.0. The van der Waals surface area contributed by atoms with Gasteiger partial charge >= 0.3 is 0 Å². The van der Waals surface area contributed by atoms with E-state index in [1.807, 2.05) is 32.0 Å². The highest BCUT2D eigenvalue weighted by molar-refractivity contribution is 5.97. The number of rotatable bonds is 4. The number of nitrogens with zero attached hydrogens (tertiary/aromatic N) is 1. The molecule has 2 amide bonds. The van der Waals surface area contributed by atoms with Crippen LogP contribution in [0.5, 0.6) is 0 Å². The van der Waals surface area contributed by atoms with Crippen molar-refractivity contribution in [3.63, 3.8) is 0 Å². The van der Waals surface area contributed by atoms with Crippen LogP contribution >= 0.6 is 0 Å². The van der Waals surface area contributed by atoms with Crippen molar-refractivity contribution in [2.45, 2.75) is 26.8 Å². The Balaban J connectivity index is 1.64. The zero-order valence-corrected chi connectivity index (χ0v) is 14.4. The number of hydrogen-bond donors (Lipinski definition) is 1. The molecule has 130 valence electrons. The van der Waals surface area contributed by atoms with Crippen LogP contribution in [-0.2, 0) is 16.1 Å². The van der Waals surface area contributed by atoms with Gasteiger partial charge in [0.2, 0.25) is 11.8 Å². The van der Waals surface area contributed by atoms with Crippen LogP contribution in [0.1, 0.15) is 23.1 Å². The number of aryl methyl sites for hydroxylation is 2. The van der Waals surface area contributed by atoms with E-state index in [0.717, 1.165) is 16.8 Å². The van der Waals surface area contributed by atoms with Crippen LogP contribution in [0.15, 0.2) is 42.5 Å². The highest BCUT2D eigenvalue weighted by Crippen LogP contribution is 2.23. The van der Waals surface area contributed by atoms with Gasteiger partial charge in [0.05, 0.1) is 5.92 Å². The Morgan fingerprint density at radius 2 is 1.96 bits per heavy atom. The summed E-state index contributed by atoms with van der Waals surface area (Å²) < 4.78 is 13.8. The minimum absolute atomic E-state index is 0.122. The number of carbonyl (C=O) groups is 2. The number of halogens is 1. The Morgan fingerprint density at radius 1 is 1.20 bits per heavy atom. The van der Waals surface area contributed by atoms with Crippen LogP contribution in [0.25, 0.3) is 0 Å². The van der Waals surface area contributed by atoms with Crippen molar-refractivity contribution in [2.75, 3.05) is 11.9 Å². The fraction of sp³-hybridized carbons (Fsp3) is 0.300. The van der Waals surface area contributed by atoms with Crippen molar-refractivity contribution < 1.29 is 14.0 Å². The third-order valence-electron chi connectivity index (χ3n) is 4.68. The zero-order valence-electron chi connectivity index (χ0n) is 14.4. The number of benzene rings is 2. The van der Waals surface area contributed by atoms with E-state index in [9.17, 15) is 14.0 Å². The summed E-state index contributed by atoms with van der Waals surface area (Å²) >= 11 is 0. The van der Waals surface area contributed by atoms with Gasteiger partial charge in [-0.05, 0) is 43.2 Å². The first-order chi connectivity index (χ1) is 11.9. The Morgan fingerprint density at radius 3 is 2.68 bits per heavy atom. The molecule has 2 aromatic rings. The van der Waals surface area contributed by atoms with Gasteiger partial charge in [0.15, 0.2) is 0 Å². The molecule has 0 aromatic heterocycles. The Kier molecular flexibility index (Phi) is 4.83. The highest BCUT2D eigenvalue weighted by Gasteiger charge is 2.34. The summed E-state index contributed by atoms with van der Waals surface area (Å²) in [5.41, 5.74) is 3.45. The highest BCUT2D eigenvalue weighted by atomic mass is 19.1. The number of carbonyl (C=O) groups excluding carboxylic acids is 2. The first-order valence-electron chi connectivity index (χ1n) is 8.33. The summed E-state index contributed by atoms with van der Waals surface area (Å²) in [4.78, 5) is 26.2. The molecule has 3 rings (SSSR count). The molecule has 5 heteroatoms. The Labute approximate surface area is 146 Å². The van der Waals surface area contributed by atoms with E-state index >= 15 is 0 Å². The summed E-state index contributed by atoms with van der Waals surface area (Å²) in [6.45, 7) is 4.50. The summed E-state index contributed by atoms with van der Waals surface area (Å²) in [5, 5.41) is 2.88. The lowest BCUT2D eigenvalue weighted by molar-refractivity contribution is -0.128. The molecule has 0 aliphatic carbocycles. The summed E-state index contributed by atoms with van der Waals surface area (Å²) in [7, 11) is 0. The van der Waals surface area contributed by atoms with E-state index in [1.54, 1.807) is 23.1 Å². The molecule has 1 aliphatic rings. The van der Waals surface area contributed by atoms with E-state index in [1.165, 1.54) is 6.07 Å². The zero-order chi connectivity index (χ0) is 18.0. The van der Waals surface area contributed by atoms with E-state index in [2.05, 4.69) is 5.32 Å². The van der Waals surface area contributed by atoms with E-state index in [4.69, 9.17) is 0 Å². The average Bonchev–Trinajstić information content (AvgIpc) is 2.94. The van der Waals surface area contributed by atoms with Crippen molar-refractivity contribution >= 4 is 17.5 Å². The monoisotopic (exact) mass is 340 g/mol. The standard InChI is InChI=1S/C20H21FN2O2/c1-13-7-8-17(9-14(13)2)22-20(25)16-10-19(24)23(12-16)11-15-5-3-4-6-18(15)21/h3-9,16H,10-12H2,1-2H3,(H,22,25). The maximum Gasteiger partial charge on any atom is 0.229 e. The molecular weight excluding hydrogens is 319 g/mol. The molecule has 0 spiro atoms. The number of nitrogens with one attached hydrogen (secondary N) is 1. The molecule has 1 heterocycles. The van der Waals surface area contributed by atoms with Crippen molar-refractivity contribution in [1.29, 1.82) is 0 Å². The lowest BCUT2D eigenvalue weighted by Gasteiger charge is -2.17. The number of anilines is 1. The van der Waals surface area contributed by atoms with Gasteiger partial charge in [-0.2, -0.15) is 0 Å². The van der Waals surface area contributed by atoms with Gasteiger partial charge in [-0.15, -0.1) is 0 Å². The molecular formula is C20H21FN2O2. The second-order valence-electron chi connectivity index (χ2n) is 6.56. The molecule has 1 aliphatic heterocycles. The first-order valence-corrected chi connectivity index (χ1v) is 8.33. The molecule has 1 atom stereocenters. The van der Waals surface area contributed by atoms with E-state index in [-0.39, 0.29) is 30.6 Å². The fourth-order valence-corrected chi connectivity index (χ4v) is 3.00. The average molecular weight is 340 g/mol.